The van der Waals surface area contributed by atoms with Crippen LogP contribution in [0.3, 0.4) is 0 Å². The van der Waals surface area contributed by atoms with E-state index in [1.54, 1.807) is 25.3 Å². The van der Waals surface area contributed by atoms with Crippen LogP contribution in [0.25, 0.3) is 0 Å². The van der Waals surface area contributed by atoms with Crippen molar-refractivity contribution in [2.24, 2.45) is 5.73 Å². The molecule has 26 heavy (non-hydrogen) atoms. The smallest absolute Gasteiger partial charge is 0.250 e. The number of ether oxygens (including phenoxy) is 2. The summed E-state index contributed by atoms with van der Waals surface area (Å²) in [5.74, 6) is 0.946. The lowest BCUT2D eigenvalue weighted by Crippen LogP contribution is -2.11. The molecule has 0 atom stereocenters. The van der Waals surface area contributed by atoms with Gasteiger partial charge in [0.05, 0.1) is 12.7 Å². The number of benzene rings is 1. The molecule has 6 heteroatoms. The molecular formula is C20H27N3O3. The van der Waals surface area contributed by atoms with E-state index in [1.807, 2.05) is 6.92 Å². The number of hydrogen-bond acceptors (Lipinski definition) is 5. The molecule has 0 aliphatic heterocycles. The Morgan fingerprint density at radius 1 is 1.23 bits per heavy atom. The van der Waals surface area contributed by atoms with Crippen molar-refractivity contribution >= 4 is 11.6 Å². The minimum atomic E-state index is -0.533. The van der Waals surface area contributed by atoms with Crippen LogP contribution >= 0.6 is 0 Å². The molecule has 0 fully saturated rings. The van der Waals surface area contributed by atoms with E-state index in [0.29, 0.717) is 28.6 Å². The third-order valence-electron chi connectivity index (χ3n) is 4.37. The van der Waals surface area contributed by atoms with Crippen molar-refractivity contribution in [1.82, 2.24) is 4.98 Å². The highest BCUT2D eigenvalue weighted by molar-refractivity contribution is 5.92. The number of nitrogens with two attached hydrogens (primary N) is 2. The largest absolute Gasteiger partial charge is 0.493 e. The zero-order chi connectivity index (χ0) is 19.1. The molecule has 1 heterocycles. The Balaban J connectivity index is 2.24. The summed E-state index contributed by atoms with van der Waals surface area (Å²) in [5, 5.41) is 0. The summed E-state index contributed by atoms with van der Waals surface area (Å²) in [6.45, 7) is 4.18. The number of carbonyl (C=O) groups is 1. The van der Waals surface area contributed by atoms with Gasteiger partial charge in [0.15, 0.2) is 11.5 Å². The third-order valence-corrected chi connectivity index (χ3v) is 4.37. The molecule has 0 saturated carbocycles. The number of hydrogen-bond donors (Lipinski definition) is 2. The van der Waals surface area contributed by atoms with Crippen LogP contribution in [-0.4, -0.2) is 18.0 Å². The minimum absolute atomic E-state index is 0.322. The second-order valence-electron chi connectivity index (χ2n) is 6.26. The molecule has 2 rings (SSSR count). The normalized spacial score (nSPS) is 10.6. The number of unbranched alkanes of at least 4 members (excludes halogenated alkanes) is 3. The molecular weight excluding hydrogens is 330 g/mol. The Kier molecular flexibility index (Phi) is 6.83. The topological polar surface area (TPSA) is 100 Å². The van der Waals surface area contributed by atoms with E-state index in [9.17, 15) is 4.79 Å². The molecule has 140 valence electrons. The number of carbonyl (C=O) groups excluding carboxylic acids is 1. The Morgan fingerprint density at radius 3 is 2.58 bits per heavy atom. The standard InChI is InChI=1S/C20H27N3O3/c1-4-5-6-7-8-15-13(2)19(25-3)17(11-16(15)21)26-18-10-9-14(12-23-18)20(22)24/h9-12H,4-8,21H2,1-3H3,(H2,22,24). The quantitative estimate of drug-likeness (QED) is 0.522. The SMILES string of the molecule is CCCCCCc1c(N)cc(Oc2ccc(C(N)=O)cn2)c(OC)c1C. The monoisotopic (exact) mass is 357 g/mol. The molecule has 1 aromatic heterocycles. The zero-order valence-electron chi connectivity index (χ0n) is 15.7. The second kappa shape index (κ2) is 9.08. The maximum atomic E-state index is 11.1. The molecule has 0 spiro atoms. The highest BCUT2D eigenvalue weighted by Crippen LogP contribution is 2.39. The van der Waals surface area contributed by atoms with Crippen LogP contribution in [-0.2, 0) is 6.42 Å². The molecule has 6 nitrogen and oxygen atoms in total. The minimum Gasteiger partial charge on any atom is -0.493 e. The first kappa shape index (κ1) is 19.6. The van der Waals surface area contributed by atoms with E-state index in [1.165, 1.54) is 25.5 Å². The van der Waals surface area contributed by atoms with Gasteiger partial charge in [-0.05, 0) is 31.4 Å². The lowest BCUT2D eigenvalue weighted by molar-refractivity contribution is 0.1000. The van der Waals surface area contributed by atoms with Crippen molar-refractivity contribution in [1.29, 1.82) is 0 Å². The van der Waals surface area contributed by atoms with Gasteiger partial charge in [-0.1, -0.05) is 26.2 Å². The van der Waals surface area contributed by atoms with Gasteiger partial charge < -0.3 is 20.9 Å². The number of pyridine rings is 1. The van der Waals surface area contributed by atoms with Crippen LogP contribution in [0.1, 0.15) is 54.1 Å². The van der Waals surface area contributed by atoms with Gasteiger partial charge in [-0.15, -0.1) is 0 Å². The van der Waals surface area contributed by atoms with Gasteiger partial charge in [0.2, 0.25) is 11.8 Å². The summed E-state index contributed by atoms with van der Waals surface area (Å²) in [6, 6.07) is 4.92. The van der Waals surface area contributed by atoms with Crippen LogP contribution in [0.15, 0.2) is 24.4 Å². The number of anilines is 1. The molecule has 0 saturated heterocycles. The van der Waals surface area contributed by atoms with E-state index >= 15 is 0 Å². The van der Waals surface area contributed by atoms with Crippen molar-refractivity contribution in [3.05, 3.63) is 41.1 Å². The molecule has 1 amide bonds. The summed E-state index contributed by atoms with van der Waals surface area (Å²) in [4.78, 5) is 15.2. The fourth-order valence-corrected chi connectivity index (χ4v) is 2.92. The van der Waals surface area contributed by atoms with E-state index < -0.39 is 5.91 Å². The molecule has 0 radical (unpaired) electrons. The van der Waals surface area contributed by atoms with E-state index in [0.717, 1.165) is 24.0 Å². The average Bonchev–Trinajstić information content (AvgIpc) is 2.61. The highest BCUT2D eigenvalue weighted by Gasteiger charge is 2.16. The molecule has 0 aliphatic rings. The maximum absolute atomic E-state index is 11.1. The van der Waals surface area contributed by atoms with Crippen molar-refractivity contribution in [3.8, 4) is 17.4 Å². The van der Waals surface area contributed by atoms with Crippen LogP contribution in [0, 0.1) is 6.92 Å². The molecule has 0 unspecified atom stereocenters. The van der Waals surface area contributed by atoms with Gasteiger partial charge in [0.1, 0.15) is 0 Å². The molecule has 4 N–H and O–H groups in total. The van der Waals surface area contributed by atoms with E-state index in [2.05, 4.69) is 11.9 Å². The number of nitrogen functional groups attached to an aromatic ring is 1. The predicted octanol–water partition coefficient (Wildman–Crippen LogP) is 3.99. The second-order valence-corrected chi connectivity index (χ2v) is 6.26. The number of rotatable bonds is 9. The number of primary amides is 1. The van der Waals surface area contributed by atoms with Crippen molar-refractivity contribution in [2.75, 3.05) is 12.8 Å². The fourth-order valence-electron chi connectivity index (χ4n) is 2.92. The van der Waals surface area contributed by atoms with Crippen molar-refractivity contribution in [3.63, 3.8) is 0 Å². The van der Waals surface area contributed by atoms with Gasteiger partial charge in [0, 0.05) is 29.6 Å². The first-order valence-electron chi connectivity index (χ1n) is 8.87. The van der Waals surface area contributed by atoms with Crippen molar-refractivity contribution < 1.29 is 14.3 Å². The zero-order valence-corrected chi connectivity index (χ0v) is 15.7. The average molecular weight is 357 g/mol. The highest BCUT2D eigenvalue weighted by atomic mass is 16.5. The molecule has 0 aliphatic carbocycles. The number of nitrogens with zero attached hydrogens (tertiary/aromatic N) is 1. The Hall–Kier alpha value is -2.76. The first-order valence-corrected chi connectivity index (χ1v) is 8.87. The fraction of sp³-hybridized carbons (Fsp3) is 0.400. The number of amides is 1. The van der Waals surface area contributed by atoms with Gasteiger partial charge in [-0.3, -0.25) is 4.79 Å². The van der Waals surface area contributed by atoms with E-state index in [-0.39, 0.29) is 0 Å². The van der Waals surface area contributed by atoms with Crippen LogP contribution in [0.5, 0.6) is 17.4 Å². The van der Waals surface area contributed by atoms with Gasteiger partial charge >= 0.3 is 0 Å². The lowest BCUT2D eigenvalue weighted by Gasteiger charge is -2.17. The maximum Gasteiger partial charge on any atom is 0.250 e. The van der Waals surface area contributed by atoms with Crippen molar-refractivity contribution in [2.45, 2.75) is 46.0 Å². The lowest BCUT2D eigenvalue weighted by atomic mass is 9.98. The van der Waals surface area contributed by atoms with Crippen LogP contribution < -0.4 is 20.9 Å². The van der Waals surface area contributed by atoms with Gasteiger partial charge in [-0.2, -0.15) is 0 Å². The number of methoxy groups -OCH3 is 1. The van der Waals surface area contributed by atoms with Crippen LogP contribution in [0.4, 0.5) is 5.69 Å². The molecule has 2 aromatic rings. The number of aromatic nitrogens is 1. The first-order chi connectivity index (χ1) is 12.5. The summed E-state index contributed by atoms with van der Waals surface area (Å²) in [7, 11) is 1.61. The summed E-state index contributed by atoms with van der Waals surface area (Å²) < 4.78 is 11.4. The Bertz CT molecular complexity index is 758. The summed E-state index contributed by atoms with van der Waals surface area (Å²) in [5.41, 5.74) is 14.6. The predicted molar refractivity (Wildman–Crippen MR) is 103 cm³/mol. The Labute approximate surface area is 154 Å². The van der Waals surface area contributed by atoms with Gasteiger partial charge in [0.25, 0.3) is 0 Å². The summed E-state index contributed by atoms with van der Waals surface area (Å²) in [6.07, 6.45) is 7.00. The molecule has 1 aromatic carbocycles. The summed E-state index contributed by atoms with van der Waals surface area (Å²) >= 11 is 0. The third kappa shape index (κ3) is 4.65. The van der Waals surface area contributed by atoms with E-state index in [4.69, 9.17) is 20.9 Å². The molecule has 0 bridgehead atoms. The van der Waals surface area contributed by atoms with Gasteiger partial charge in [-0.25, -0.2) is 4.98 Å². The Morgan fingerprint density at radius 2 is 2.00 bits per heavy atom. The van der Waals surface area contributed by atoms with Crippen LogP contribution in [0.2, 0.25) is 0 Å².